The summed E-state index contributed by atoms with van der Waals surface area (Å²) in [5.41, 5.74) is 0.672. The number of nitrogens with zero attached hydrogens (tertiary/aromatic N) is 1. The Labute approximate surface area is 216 Å². The van der Waals surface area contributed by atoms with Crippen LogP contribution in [0.1, 0.15) is 40.0 Å². The molecule has 36 heavy (non-hydrogen) atoms. The number of carbonyl (C=O) groups excluding carboxylic acids is 3. The van der Waals surface area contributed by atoms with Gasteiger partial charge in [-0.1, -0.05) is 51.1 Å². The van der Waals surface area contributed by atoms with Crippen LogP contribution in [0.2, 0.25) is 0 Å². The molecule has 3 N–H and O–H groups in total. The van der Waals surface area contributed by atoms with Gasteiger partial charge in [-0.15, -0.1) is 11.8 Å². The van der Waals surface area contributed by atoms with Gasteiger partial charge in [0, 0.05) is 17.5 Å². The summed E-state index contributed by atoms with van der Waals surface area (Å²) in [7, 11) is 0. The first-order valence-electron chi connectivity index (χ1n) is 13.0. The van der Waals surface area contributed by atoms with E-state index in [2.05, 4.69) is 10.6 Å². The minimum Gasteiger partial charge on any atom is -0.394 e. The van der Waals surface area contributed by atoms with E-state index in [1.807, 2.05) is 63.2 Å². The van der Waals surface area contributed by atoms with Crippen molar-refractivity contribution in [1.82, 2.24) is 10.2 Å². The first kappa shape index (κ1) is 25.1. The summed E-state index contributed by atoms with van der Waals surface area (Å²) >= 11 is 1.65. The highest BCUT2D eigenvalue weighted by atomic mass is 32.2. The standard InChI is InChI=1S/C28H35N3O4S/c1-4-13-29-25(33)22-21-11-12-28(36-21)23(22)27(35)31(20(15-32)16(2)3)24(28)26(34)30-19-10-9-17-7-5-6-8-18(17)14-19/h5-10,14,16,20-24,32H,4,11-13,15H2,1-3H3,(H,29,33)(H,30,34)/t20-,21-,22+,23-,24?,28?/m0/s1. The van der Waals surface area contributed by atoms with E-state index in [9.17, 15) is 19.5 Å². The summed E-state index contributed by atoms with van der Waals surface area (Å²) in [5, 5.41) is 18.5. The zero-order chi connectivity index (χ0) is 25.6. The molecule has 3 aliphatic rings. The molecule has 2 bridgehead atoms. The van der Waals surface area contributed by atoms with Crippen molar-refractivity contribution in [1.29, 1.82) is 0 Å². The van der Waals surface area contributed by atoms with Gasteiger partial charge in [0.15, 0.2) is 0 Å². The molecule has 1 spiro atoms. The minimum absolute atomic E-state index is 0.0283. The number of likely N-dealkylation sites (tertiary alicyclic amines) is 1. The summed E-state index contributed by atoms with van der Waals surface area (Å²) in [6.07, 6.45) is 2.33. The molecule has 192 valence electrons. The fourth-order valence-corrected chi connectivity index (χ4v) is 8.72. The van der Waals surface area contributed by atoms with Crippen molar-refractivity contribution >= 4 is 45.9 Å². The molecule has 3 amide bonds. The number of anilines is 1. The molecule has 7 nitrogen and oxygen atoms in total. The second kappa shape index (κ2) is 9.71. The van der Waals surface area contributed by atoms with Crippen molar-refractivity contribution in [2.75, 3.05) is 18.5 Å². The van der Waals surface area contributed by atoms with Crippen LogP contribution in [-0.4, -0.2) is 63.0 Å². The lowest BCUT2D eigenvalue weighted by molar-refractivity contribution is -0.142. The first-order chi connectivity index (χ1) is 17.3. The van der Waals surface area contributed by atoms with Gasteiger partial charge in [0.2, 0.25) is 17.7 Å². The Kier molecular flexibility index (Phi) is 6.76. The van der Waals surface area contributed by atoms with Crippen LogP contribution in [0.4, 0.5) is 5.69 Å². The fourth-order valence-electron chi connectivity index (χ4n) is 6.51. The number of nitrogens with one attached hydrogen (secondary N) is 2. The van der Waals surface area contributed by atoms with E-state index in [4.69, 9.17) is 0 Å². The van der Waals surface area contributed by atoms with Gasteiger partial charge in [0.05, 0.1) is 29.2 Å². The quantitative estimate of drug-likeness (QED) is 0.507. The number of fused-ring (bicyclic) bond motifs is 2. The largest absolute Gasteiger partial charge is 0.394 e. The molecule has 0 radical (unpaired) electrons. The van der Waals surface area contributed by atoms with Crippen LogP contribution >= 0.6 is 11.8 Å². The minimum atomic E-state index is -0.750. The number of thioether (sulfide) groups is 1. The third kappa shape index (κ3) is 3.89. The topological polar surface area (TPSA) is 98.7 Å². The molecule has 2 unspecified atom stereocenters. The van der Waals surface area contributed by atoms with Gasteiger partial charge in [-0.3, -0.25) is 14.4 Å². The maximum absolute atomic E-state index is 14.0. The van der Waals surface area contributed by atoms with Gasteiger partial charge in [0.1, 0.15) is 6.04 Å². The number of aliphatic hydroxyl groups excluding tert-OH is 1. The number of benzene rings is 2. The molecule has 3 saturated heterocycles. The summed E-state index contributed by atoms with van der Waals surface area (Å²) < 4.78 is -0.667. The van der Waals surface area contributed by atoms with Crippen LogP contribution in [0.15, 0.2) is 42.5 Å². The van der Waals surface area contributed by atoms with Crippen LogP contribution in [0.25, 0.3) is 10.8 Å². The number of amides is 3. The number of hydrogen-bond acceptors (Lipinski definition) is 5. The third-order valence-electron chi connectivity index (χ3n) is 8.17. The second-order valence-electron chi connectivity index (χ2n) is 10.6. The average molecular weight is 510 g/mol. The number of rotatable bonds is 8. The van der Waals surface area contributed by atoms with Gasteiger partial charge in [-0.05, 0) is 48.1 Å². The van der Waals surface area contributed by atoms with Crippen LogP contribution < -0.4 is 10.6 Å². The highest BCUT2D eigenvalue weighted by molar-refractivity contribution is 8.02. The maximum Gasteiger partial charge on any atom is 0.248 e. The van der Waals surface area contributed by atoms with Crippen LogP contribution in [0, 0.1) is 17.8 Å². The predicted molar refractivity (Wildman–Crippen MR) is 143 cm³/mol. The van der Waals surface area contributed by atoms with E-state index in [1.165, 1.54) is 0 Å². The van der Waals surface area contributed by atoms with Crippen molar-refractivity contribution in [3.8, 4) is 0 Å². The van der Waals surface area contributed by atoms with E-state index in [1.54, 1.807) is 16.7 Å². The highest BCUT2D eigenvalue weighted by Crippen LogP contribution is 2.66. The summed E-state index contributed by atoms with van der Waals surface area (Å²) in [6.45, 7) is 6.25. The van der Waals surface area contributed by atoms with Crippen LogP contribution in [0.5, 0.6) is 0 Å². The second-order valence-corrected chi connectivity index (χ2v) is 12.2. The van der Waals surface area contributed by atoms with E-state index in [-0.39, 0.29) is 35.5 Å². The van der Waals surface area contributed by atoms with E-state index in [0.717, 1.165) is 23.6 Å². The van der Waals surface area contributed by atoms with Crippen molar-refractivity contribution in [3.05, 3.63) is 42.5 Å². The lowest BCUT2D eigenvalue weighted by atomic mass is 9.70. The molecule has 3 aliphatic heterocycles. The third-order valence-corrected chi connectivity index (χ3v) is 10.1. The monoisotopic (exact) mass is 509 g/mol. The summed E-state index contributed by atoms with van der Waals surface area (Å²) in [4.78, 5) is 42.9. The molecule has 2 aromatic carbocycles. The van der Waals surface area contributed by atoms with E-state index < -0.39 is 28.7 Å². The molecule has 0 aromatic heterocycles. The average Bonchev–Trinajstić information content (AvgIpc) is 3.50. The van der Waals surface area contributed by atoms with Crippen molar-refractivity contribution in [2.45, 2.75) is 62.1 Å². The molecule has 3 fully saturated rings. The molecule has 0 saturated carbocycles. The van der Waals surface area contributed by atoms with Gasteiger partial charge in [0.25, 0.3) is 0 Å². The smallest absolute Gasteiger partial charge is 0.248 e. The molecule has 8 heteroatoms. The normalized spacial score (nSPS) is 29.6. The van der Waals surface area contributed by atoms with Gasteiger partial charge >= 0.3 is 0 Å². The van der Waals surface area contributed by atoms with Crippen molar-refractivity contribution < 1.29 is 19.5 Å². The van der Waals surface area contributed by atoms with Gasteiger partial charge in [-0.2, -0.15) is 0 Å². The van der Waals surface area contributed by atoms with E-state index in [0.29, 0.717) is 18.7 Å². The fraction of sp³-hybridized carbons (Fsp3) is 0.536. The number of hydrogen-bond donors (Lipinski definition) is 3. The highest BCUT2D eigenvalue weighted by Gasteiger charge is 2.74. The van der Waals surface area contributed by atoms with E-state index >= 15 is 0 Å². The van der Waals surface area contributed by atoms with Crippen molar-refractivity contribution in [3.63, 3.8) is 0 Å². The summed E-state index contributed by atoms with van der Waals surface area (Å²) in [6, 6.07) is 12.5. The zero-order valence-electron chi connectivity index (χ0n) is 21.1. The predicted octanol–water partition coefficient (Wildman–Crippen LogP) is 3.41. The SMILES string of the molecule is CCCNC(=O)[C@@H]1[C@@H]2CCC3(S2)C(C(=O)Nc2ccc4ccccc4c2)N([C@@H](CO)C(C)C)C(=O)[C@H]13. The molecular formula is C28H35N3O4S. The maximum atomic E-state index is 14.0. The Morgan fingerprint density at radius 3 is 2.61 bits per heavy atom. The number of carbonyl (C=O) groups is 3. The van der Waals surface area contributed by atoms with Crippen molar-refractivity contribution in [2.24, 2.45) is 17.8 Å². The molecular weight excluding hydrogens is 474 g/mol. The molecule has 3 heterocycles. The molecule has 5 rings (SSSR count). The zero-order valence-corrected chi connectivity index (χ0v) is 21.9. The summed E-state index contributed by atoms with van der Waals surface area (Å²) in [5.74, 6) is -1.56. The lowest BCUT2D eigenvalue weighted by Gasteiger charge is -2.38. The molecule has 2 aromatic rings. The molecule has 0 aliphatic carbocycles. The van der Waals surface area contributed by atoms with Crippen LogP contribution in [0.3, 0.4) is 0 Å². The van der Waals surface area contributed by atoms with Gasteiger partial charge in [-0.25, -0.2) is 0 Å². The Balaban J connectivity index is 1.52. The Hall–Kier alpha value is -2.58. The first-order valence-corrected chi connectivity index (χ1v) is 13.9. The Morgan fingerprint density at radius 2 is 1.92 bits per heavy atom. The Bertz CT molecular complexity index is 1190. The van der Waals surface area contributed by atoms with Gasteiger partial charge < -0.3 is 20.6 Å². The lowest BCUT2D eigenvalue weighted by Crippen LogP contribution is -2.56. The molecule has 6 atom stereocenters. The number of aliphatic hydroxyl groups is 1. The van der Waals surface area contributed by atoms with Crippen LogP contribution in [-0.2, 0) is 14.4 Å². The Morgan fingerprint density at radius 1 is 1.17 bits per heavy atom.